The summed E-state index contributed by atoms with van der Waals surface area (Å²) in [6.07, 6.45) is 1.95. The quantitative estimate of drug-likeness (QED) is 0.589. The van der Waals surface area contributed by atoms with Crippen LogP contribution in [0.3, 0.4) is 0 Å². The highest BCUT2D eigenvalue weighted by atomic mass is 15.3. The number of nitrogens with zero attached hydrogens (tertiary/aromatic N) is 3. The highest BCUT2D eigenvalue weighted by Gasteiger charge is 2.12. The molecule has 1 heterocycles. The van der Waals surface area contributed by atoms with Crippen molar-refractivity contribution in [2.45, 2.75) is 0 Å². The van der Waals surface area contributed by atoms with E-state index in [1.54, 1.807) is 0 Å². The molecule has 0 aliphatic rings. The molecule has 0 aliphatic carbocycles. The Morgan fingerprint density at radius 3 is 2.46 bits per heavy atom. The second kappa shape index (κ2) is 3.01. The Balaban J connectivity index is 2.53. The van der Waals surface area contributed by atoms with Crippen LogP contribution in [0.25, 0.3) is 11.4 Å². The second-order valence-electron chi connectivity index (χ2n) is 3.09. The van der Waals surface area contributed by atoms with Gasteiger partial charge in [-0.2, -0.15) is 0 Å². The molecular formula is C10H12N3+. The predicted molar refractivity (Wildman–Crippen MR) is 49.8 cm³/mol. The van der Waals surface area contributed by atoms with Gasteiger partial charge in [-0.1, -0.05) is 18.2 Å². The Morgan fingerprint density at radius 1 is 1.23 bits per heavy atom. The standard InChI is InChI=1S/C10H12N3/c1-12-8-13(2)11-10(12)9-6-4-3-5-7-9/h3-8H,1-2H3/q+1. The lowest BCUT2D eigenvalue weighted by atomic mass is 10.2. The van der Waals surface area contributed by atoms with Crippen molar-refractivity contribution in [3.8, 4) is 11.4 Å². The molecule has 0 saturated heterocycles. The predicted octanol–water partition coefficient (Wildman–Crippen LogP) is 0.912. The maximum absolute atomic E-state index is 4.36. The minimum atomic E-state index is 0.989. The first-order chi connectivity index (χ1) is 6.27. The van der Waals surface area contributed by atoms with Gasteiger partial charge in [-0.25, -0.2) is 4.57 Å². The number of benzene rings is 1. The van der Waals surface area contributed by atoms with Crippen LogP contribution in [0.2, 0.25) is 0 Å². The summed E-state index contributed by atoms with van der Waals surface area (Å²) in [7, 11) is 3.92. The van der Waals surface area contributed by atoms with Crippen LogP contribution in [0, 0.1) is 0 Å². The number of hydrogen-bond acceptors (Lipinski definition) is 1. The molecule has 0 aliphatic heterocycles. The summed E-state index contributed by atoms with van der Waals surface area (Å²) in [5, 5.41) is 4.36. The molecule has 0 radical (unpaired) electrons. The lowest BCUT2D eigenvalue weighted by Gasteiger charge is -1.91. The average molecular weight is 174 g/mol. The fraction of sp³-hybridized carbons (Fsp3) is 0.200. The summed E-state index contributed by atoms with van der Waals surface area (Å²) in [6, 6.07) is 10.2. The number of aryl methyl sites for hydroxylation is 2. The van der Waals surface area contributed by atoms with Crippen molar-refractivity contribution in [1.29, 1.82) is 0 Å². The molecule has 0 bridgehead atoms. The molecule has 66 valence electrons. The van der Waals surface area contributed by atoms with Crippen molar-refractivity contribution < 1.29 is 4.57 Å². The molecule has 3 heteroatoms. The van der Waals surface area contributed by atoms with Gasteiger partial charge in [0.15, 0.2) is 0 Å². The zero-order chi connectivity index (χ0) is 9.26. The molecule has 2 aromatic rings. The smallest absolute Gasteiger partial charge is 0.233 e. The van der Waals surface area contributed by atoms with E-state index in [0.29, 0.717) is 0 Å². The first-order valence-corrected chi connectivity index (χ1v) is 4.22. The van der Waals surface area contributed by atoms with Crippen molar-refractivity contribution in [2.75, 3.05) is 0 Å². The highest BCUT2D eigenvalue weighted by molar-refractivity contribution is 5.50. The van der Waals surface area contributed by atoms with E-state index in [2.05, 4.69) is 17.2 Å². The lowest BCUT2D eigenvalue weighted by Crippen LogP contribution is -2.27. The van der Waals surface area contributed by atoms with Crippen molar-refractivity contribution >= 4 is 0 Å². The van der Waals surface area contributed by atoms with Crippen LogP contribution in [0.1, 0.15) is 0 Å². The second-order valence-corrected chi connectivity index (χ2v) is 3.09. The van der Waals surface area contributed by atoms with Crippen LogP contribution in [0.5, 0.6) is 0 Å². The van der Waals surface area contributed by atoms with E-state index >= 15 is 0 Å². The van der Waals surface area contributed by atoms with Crippen molar-refractivity contribution in [1.82, 2.24) is 9.78 Å². The van der Waals surface area contributed by atoms with E-state index in [-0.39, 0.29) is 0 Å². The minimum Gasteiger partial charge on any atom is -0.233 e. The SMILES string of the molecule is Cn1c[n+](C)c(-c2ccccc2)n1. The number of aromatic nitrogens is 3. The molecule has 1 aromatic heterocycles. The first kappa shape index (κ1) is 7.98. The van der Waals surface area contributed by atoms with E-state index in [1.165, 1.54) is 0 Å². The van der Waals surface area contributed by atoms with Gasteiger partial charge in [0.2, 0.25) is 6.33 Å². The van der Waals surface area contributed by atoms with Gasteiger partial charge in [-0.3, -0.25) is 0 Å². The van der Waals surface area contributed by atoms with Crippen molar-refractivity contribution in [2.24, 2.45) is 14.1 Å². The molecule has 0 saturated carbocycles. The van der Waals surface area contributed by atoms with Gasteiger partial charge in [0, 0.05) is 5.10 Å². The molecule has 0 atom stereocenters. The fourth-order valence-electron chi connectivity index (χ4n) is 1.40. The van der Waals surface area contributed by atoms with Crippen molar-refractivity contribution in [3.05, 3.63) is 36.7 Å². The Morgan fingerprint density at radius 2 is 1.92 bits per heavy atom. The Kier molecular flexibility index (Phi) is 1.85. The van der Waals surface area contributed by atoms with E-state index in [0.717, 1.165) is 11.4 Å². The van der Waals surface area contributed by atoms with Crippen LogP contribution in [0.4, 0.5) is 0 Å². The summed E-state index contributed by atoms with van der Waals surface area (Å²) >= 11 is 0. The number of rotatable bonds is 1. The van der Waals surface area contributed by atoms with Crippen molar-refractivity contribution in [3.63, 3.8) is 0 Å². The van der Waals surface area contributed by atoms with Gasteiger partial charge in [0.25, 0.3) is 0 Å². The molecule has 3 nitrogen and oxygen atoms in total. The van der Waals surface area contributed by atoms with E-state index in [9.17, 15) is 0 Å². The molecule has 13 heavy (non-hydrogen) atoms. The van der Waals surface area contributed by atoms with Gasteiger partial charge < -0.3 is 0 Å². The maximum Gasteiger partial charge on any atom is 0.308 e. The zero-order valence-electron chi connectivity index (χ0n) is 7.81. The highest BCUT2D eigenvalue weighted by Crippen LogP contribution is 2.10. The zero-order valence-corrected chi connectivity index (χ0v) is 7.81. The molecular weight excluding hydrogens is 162 g/mol. The maximum atomic E-state index is 4.36. The van der Waals surface area contributed by atoms with Gasteiger partial charge in [-0.05, 0) is 12.1 Å². The van der Waals surface area contributed by atoms with Crippen LogP contribution in [0.15, 0.2) is 36.7 Å². The monoisotopic (exact) mass is 174 g/mol. The molecule has 2 rings (SSSR count). The van der Waals surface area contributed by atoms with E-state index in [4.69, 9.17) is 0 Å². The third-order valence-electron chi connectivity index (χ3n) is 1.96. The van der Waals surface area contributed by atoms with Gasteiger partial charge in [0.1, 0.15) is 0 Å². The Hall–Kier alpha value is -1.64. The summed E-state index contributed by atoms with van der Waals surface area (Å²) in [5.41, 5.74) is 1.14. The minimum absolute atomic E-state index is 0.989. The lowest BCUT2D eigenvalue weighted by molar-refractivity contribution is -0.661. The van der Waals surface area contributed by atoms with Crippen LogP contribution in [-0.4, -0.2) is 9.78 Å². The van der Waals surface area contributed by atoms with Gasteiger partial charge in [0.05, 0.1) is 19.7 Å². The fourth-order valence-corrected chi connectivity index (χ4v) is 1.40. The molecule has 0 spiro atoms. The molecule has 0 N–H and O–H groups in total. The average Bonchev–Trinajstić information content (AvgIpc) is 2.47. The van der Waals surface area contributed by atoms with E-state index < -0.39 is 0 Å². The normalized spacial score (nSPS) is 10.3. The summed E-state index contributed by atoms with van der Waals surface area (Å²) in [4.78, 5) is 0. The molecule has 0 fully saturated rings. The van der Waals surface area contributed by atoms with Crippen LogP contribution in [-0.2, 0) is 14.1 Å². The molecule has 0 unspecified atom stereocenters. The van der Waals surface area contributed by atoms with Crippen LogP contribution < -0.4 is 4.57 Å². The molecule has 1 aromatic carbocycles. The van der Waals surface area contributed by atoms with Crippen LogP contribution >= 0.6 is 0 Å². The third-order valence-corrected chi connectivity index (χ3v) is 1.96. The van der Waals surface area contributed by atoms with E-state index in [1.807, 2.05) is 47.9 Å². The largest absolute Gasteiger partial charge is 0.308 e. The summed E-state index contributed by atoms with van der Waals surface area (Å²) in [5.74, 6) is 0.989. The Labute approximate surface area is 77.3 Å². The summed E-state index contributed by atoms with van der Waals surface area (Å²) < 4.78 is 3.82. The first-order valence-electron chi connectivity index (χ1n) is 4.22. The van der Waals surface area contributed by atoms with Gasteiger partial charge in [-0.15, -0.1) is 4.68 Å². The third kappa shape index (κ3) is 1.45. The number of hydrogen-bond donors (Lipinski definition) is 0. The van der Waals surface area contributed by atoms with Gasteiger partial charge >= 0.3 is 5.82 Å². The molecule has 0 amide bonds. The Bertz CT molecular complexity index is 403. The summed E-state index contributed by atoms with van der Waals surface area (Å²) in [6.45, 7) is 0. The topological polar surface area (TPSA) is 21.7 Å².